The molecule has 4 heteroatoms. The fourth-order valence-electron chi connectivity index (χ4n) is 1.03. The van der Waals surface area contributed by atoms with Crippen molar-refractivity contribution in [2.75, 3.05) is 7.11 Å². The van der Waals surface area contributed by atoms with Gasteiger partial charge >= 0.3 is 5.97 Å². The van der Waals surface area contributed by atoms with E-state index in [0.29, 0.717) is 5.69 Å². The Morgan fingerprint density at radius 3 is 2.58 bits per heavy atom. The van der Waals surface area contributed by atoms with E-state index in [-0.39, 0.29) is 5.56 Å². The van der Waals surface area contributed by atoms with E-state index in [2.05, 4.69) is 4.74 Å². The number of carbonyl (C=O) groups excluding carboxylic acids is 1. The van der Waals surface area contributed by atoms with E-state index < -0.39 is 11.8 Å². The van der Waals surface area contributed by atoms with Gasteiger partial charge in [0.2, 0.25) is 0 Å². The molecule has 0 fully saturated rings. The minimum absolute atomic E-state index is 0.0139. The molecule has 3 nitrogen and oxygen atoms in total. The van der Waals surface area contributed by atoms with Gasteiger partial charge in [0.15, 0.2) is 5.82 Å². The van der Waals surface area contributed by atoms with Crippen LogP contribution in [-0.4, -0.2) is 17.6 Å². The van der Waals surface area contributed by atoms with Crippen LogP contribution >= 0.6 is 0 Å². The molecule has 0 aromatic carbocycles. The molecule has 0 unspecified atom stereocenters. The first-order chi connectivity index (χ1) is 5.57. The van der Waals surface area contributed by atoms with E-state index in [1.807, 2.05) is 0 Å². The van der Waals surface area contributed by atoms with Crippen molar-refractivity contribution in [1.29, 1.82) is 0 Å². The number of methoxy groups -OCH3 is 1. The van der Waals surface area contributed by atoms with Gasteiger partial charge in [0.05, 0.1) is 7.11 Å². The Morgan fingerprint density at radius 1 is 1.67 bits per heavy atom. The van der Waals surface area contributed by atoms with Crippen LogP contribution < -0.4 is 0 Å². The van der Waals surface area contributed by atoms with Crippen LogP contribution in [0.15, 0.2) is 6.20 Å². The van der Waals surface area contributed by atoms with Crippen molar-refractivity contribution in [2.45, 2.75) is 6.92 Å². The minimum Gasteiger partial charge on any atom is -0.465 e. The van der Waals surface area contributed by atoms with Gasteiger partial charge in [0.1, 0.15) is 5.56 Å². The Kier molecular flexibility index (Phi) is 2.17. The zero-order valence-electron chi connectivity index (χ0n) is 7.22. The zero-order valence-corrected chi connectivity index (χ0v) is 7.22. The number of ether oxygens (including phenoxy) is 1. The lowest BCUT2D eigenvalue weighted by molar-refractivity contribution is 0.0595. The summed E-state index contributed by atoms with van der Waals surface area (Å²) in [6.07, 6.45) is 1.25. The van der Waals surface area contributed by atoms with Crippen molar-refractivity contribution in [2.24, 2.45) is 7.05 Å². The summed E-state index contributed by atoms with van der Waals surface area (Å²) in [6.45, 7) is 1.66. The molecule has 66 valence electrons. The standard InChI is InChI=1S/C8H10FNO2/c1-5-7(8(11)12-3)6(9)4-10(5)2/h4H,1-3H3. The van der Waals surface area contributed by atoms with Gasteiger partial charge in [-0.25, -0.2) is 9.18 Å². The number of aryl methyl sites for hydroxylation is 1. The van der Waals surface area contributed by atoms with Gasteiger partial charge in [0.25, 0.3) is 0 Å². The van der Waals surface area contributed by atoms with Crippen LogP contribution in [0.1, 0.15) is 16.1 Å². The van der Waals surface area contributed by atoms with Crippen molar-refractivity contribution < 1.29 is 13.9 Å². The van der Waals surface area contributed by atoms with Gasteiger partial charge in [-0.2, -0.15) is 0 Å². The molecule has 1 aromatic rings. The number of esters is 1. The first kappa shape index (κ1) is 8.77. The molecule has 0 atom stereocenters. The lowest BCUT2D eigenvalue weighted by Gasteiger charge is -1.98. The van der Waals surface area contributed by atoms with Crippen LogP contribution in [0.4, 0.5) is 4.39 Å². The largest absolute Gasteiger partial charge is 0.465 e. The number of aromatic nitrogens is 1. The lowest BCUT2D eigenvalue weighted by Crippen LogP contribution is -2.04. The second-order valence-corrected chi connectivity index (χ2v) is 2.54. The maximum atomic E-state index is 13.0. The summed E-state index contributed by atoms with van der Waals surface area (Å²) in [7, 11) is 2.90. The average molecular weight is 171 g/mol. The van der Waals surface area contributed by atoms with Crippen LogP contribution in [0.25, 0.3) is 0 Å². The normalized spacial score (nSPS) is 10.0. The molecule has 0 aliphatic rings. The van der Waals surface area contributed by atoms with Crippen LogP contribution in [0.5, 0.6) is 0 Å². The van der Waals surface area contributed by atoms with E-state index in [0.717, 1.165) is 0 Å². The molecule has 1 aromatic heterocycles. The van der Waals surface area contributed by atoms with Crippen molar-refractivity contribution in [3.05, 3.63) is 23.3 Å². The summed E-state index contributed by atoms with van der Waals surface area (Å²) >= 11 is 0. The number of rotatable bonds is 1. The molecule has 0 saturated carbocycles. The predicted octanol–water partition coefficient (Wildman–Crippen LogP) is 1.26. The molecule has 0 aliphatic heterocycles. The molecule has 0 spiro atoms. The van der Waals surface area contributed by atoms with Gasteiger partial charge in [-0.15, -0.1) is 0 Å². The van der Waals surface area contributed by atoms with E-state index in [1.54, 1.807) is 18.5 Å². The first-order valence-electron chi connectivity index (χ1n) is 3.47. The van der Waals surface area contributed by atoms with Crippen molar-refractivity contribution in [3.8, 4) is 0 Å². The Morgan fingerprint density at radius 2 is 2.25 bits per heavy atom. The van der Waals surface area contributed by atoms with Crippen LogP contribution in [0.2, 0.25) is 0 Å². The molecule has 0 bridgehead atoms. The fraction of sp³-hybridized carbons (Fsp3) is 0.375. The zero-order chi connectivity index (χ0) is 9.30. The summed E-state index contributed by atoms with van der Waals surface area (Å²) in [5.74, 6) is -1.17. The maximum absolute atomic E-state index is 13.0. The topological polar surface area (TPSA) is 31.2 Å². The van der Waals surface area contributed by atoms with E-state index >= 15 is 0 Å². The predicted molar refractivity (Wildman–Crippen MR) is 41.4 cm³/mol. The summed E-state index contributed by atoms with van der Waals surface area (Å²) in [5, 5.41) is 0. The summed E-state index contributed by atoms with van der Waals surface area (Å²) in [6, 6.07) is 0. The number of hydrogen-bond donors (Lipinski definition) is 0. The molecule has 0 radical (unpaired) electrons. The van der Waals surface area contributed by atoms with Crippen molar-refractivity contribution >= 4 is 5.97 Å². The molecular formula is C8H10FNO2. The molecule has 1 heterocycles. The SMILES string of the molecule is COC(=O)c1c(F)cn(C)c1C. The Balaban J connectivity index is 3.22. The van der Waals surface area contributed by atoms with Gasteiger partial charge in [-0.1, -0.05) is 0 Å². The highest BCUT2D eigenvalue weighted by Crippen LogP contribution is 2.14. The number of hydrogen-bond acceptors (Lipinski definition) is 2. The van der Waals surface area contributed by atoms with Gasteiger partial charge < -0.3 is 9.30 Å². The van der Waals surface area contributed by atoms with Crippen molar-refractivity contribution in [1.82, 2.24) is 4.57 Å². The molecular weight excluding hydrogens is 161 g/mol. The van der Waals surface area contributed by atoms with Crippen molar-refractivity contribution in [3.63, 3.8) is 0 Å². The second-order valence-electron chi connectivity index (χ2n) is 2.54. The highest BCUT2D eigenvalue weighted by Gasteiger charge is 2.18. The fourth-order valence-corrected chi connectivity index (χ4v) is 1.03. The number of nitrogens with zero attached hydrogens (tertiary/aromatic N) is 1. The number of halogens is 1. The highest BCUT2D eigenvalue weighted by atomic mass is 19.1. The second kappa shape index (κ2) is 2.97. The maximum Gasteiger partial charge on any atom is 0.342 e. The number of carbonyl (C=O) groups is 1. The molecule has 1 rings (SSSR count). The molecule has 12 heavy (non-hydrogen) atoms. The molecule has 0 saturated heterocycles. The summed E-state index contributed by atoms with van der Waals surface area (Å²) in [4.78, 5) is 11.0. The smallest absolute Gasteiger partial charge is 0.342 e. The third kappa shape index (κ3) is 1.20. The Hall–Kier alpha value is -1.32. The van der Waals surface area contributed by atoms with Crippen LogP contribution in [0, 0.1) is 12.7 Å². The van der Waals surface area contributed by atoms with E-state index in [4.69, 9.17) is 0 Å². The average Bonchev–Trinajstić information content (AvgIpc) is 2.26. The quantitative estimate of drug-likeness (QED) is 0.595. The van der Waals surface area contributed by atoms with Gasteiger partial charge in [-0.05, 0) is 6.92 Å². The van der Waals surface area contributed by atoms with Gasteiger partial charge in [-0.3, -0.25) is 0 Å². The Labute approximate surface area is 69.8 Å². The summed E-state index contributed by atoms with van der Waals surface area (Å²) < 4.78 is 18.9. The van der Waals surface area contributed by atoms with Gasteiger partial charge in [0, 0.05) is 18.9 Å². The van der Waals surface area contributed by atoms with Crippen LogP contribution in [-0.2, 0) is 11.8 Å². The molecule has 0 amide bonds. The highest BCUT2D eigenvalue weighted by molar-refractivity contribution is 5.90. The third-order valence-electron chi connectivity index (χ3n) is 1.83. The monoisotopic (exact) mass is 171 g/mol. The van der Waals surface area contributed by atoms with E-state index in [9.17, 15) is 9.18 Å². The molecule has 0 N–H and O–H groups in total. The lowest BCUT2D eigenvalue weighted by atomic mass is 10.2. The Bertz CT molecular complexity index is 317. The summed E-state index contributed by atoms with van der Waals surface area (Å²) in [5.41, 5.74) is 0.583. The third-order valence-corrected chi connectivity index (χ3v) is 1.83. The molecule has 0 aliphatic carbocycles. The first-order valence-corrected chi connectivity index (χ1v) is 3.47. The minimum atomic E-state index is -0.634. The van der Waals surface area contributed by atoms with Crippen LogP contribution in [0.3, 0.4) is 0 Å². The van der Waals surface area contributed by atoms with E-state index in [1.165, 1.54) is 13.3 Å².